The van der Waals surface area contributed by atoms with Crippen LogP contribution in [0.2, 0.25) is 0 Å². The van der Waals surface area contributed by atoms with Crippen LogP contribution in [0.4, 0.5) is 10.1 Å². The maximum Gasteiger partial charge on any atom is 0.145 e. The number of methoxy groups -OCH3 is 1. The van der Waals surface area contributed by atoms with Crippen molar-refractivity contribution < 1.29 is 9.13 Å². The Morgan fingerprint density at radius 2 is 2.19 bits per heavy atom. The number of ether oxygens (including phenoxy) is 1. The Morgan fingerprint density at radius 1 is 1.43 bits per heavy atom. The zero-order valence-corrected chi connectivity index (χ0v) is 13.5. The number of nitrogens with one attached hydrogen (secondary N) is 1. The van der Waals surface area contributed by atoms with Crippen LogP contribution in [-0.2, 0) is 0 Å². The van der Waals surface area contributed by atoms with E-state index in [1.165, 1.54) is 12.1 Å². The van der Waals surface area contributed by atoms with Gasteiger partial charge < -0.3 is 15.0 Å². The van der Waals surface area contributed by atoms with Crippen molar-refractivity contribution in [1.29, 1.82) is 0 Å². The lowest BCUT2D eigenvalue weighted by Crippen LogP contribution is -2.58. The molecular weight excluding hydrogens is 267 g/mol. The highest BCUT2D eigenvalue weighted by atomic mass is 19.1. The van der Waals surface area contributed by atoms with E-state index in [2.05, 4.69) is 31.0 Å². The fourth-order valence-corrected chi connectivity index (χ4v) is 3.04. The fraction of sp³-hybridized carbons (Fsp3) is 0.647. The first-order chi connectivity index (χ1) is 10.1. The molecule has 3 atom stereocenters. The Labute approximate surface area is 127 Å². The minimum absolute atomic E-state index is 0.253. The molecule has 3 unspecified atom stereocenters. The van der Waals surface area contributed by atoms with Gasteiger partial charge in [0.05, 0.1) is 12.8 Å². The van der Waals surface area contributed by atoms with Gasteiger partial charge in [-0.2, -0.15) is 0 Å². The lowest BCUT2D eigenvalue weighted by Gasteiger charge is -2.44. The van der Waals surface area contributed by atoms with Gasteiger partial charge in [-0.05, 0) is 24.5 Å². The first kappa shape index (κ1) is 16.1. The van der Waals surface area contributed by atoms with E-state index in [-0.39, 0.29) is 5.82 Å². The van der Waals surface area contributed by atoms with Crippen LogP contribution in [0.25, 0.3) is 0 Å². The summed E-state index contributed by atoms with van der Waals surface area (Å²) in [5.74, 6) is 0.993. The summed E-state index contributed by atoms with van der Waals surface area (Å²) in [6.45, 7) is 8.60. The second kappa shape index (κ2) is 7.12. The molecule has 3 nitrogen and oxygen atoms in total. The van der Waals surface area contributed by atoms with Gasteiger partial charge in [-0.1, -0.05) is 27.2 Å². The predicted octanol–water partition coefficient (Wildman–Crippen LogP) is 3.44. The SMILES string of the molecule is CCC(C)C1CN(c2ccc(F)cc2OC)C(CC)CN1. The first-order valence-corrected chi connectivity index (χ1v) is 7.94. The lowest BCUT2D eigenvalue weighted by molar-refractivity contribution is 0.303. The van der Waals surface area contributed by atoms with Crippen LogP contribution >= 0.6 is 0 Å². The number of hydrogen-bond donors (Lipinski definition) is 1. The largest absolute Gasteiger partial charge is 0.494 e. The molecule has 1 N–H and O–H groups in total. The van der Waals surface area contributed by atoms with Gasteiger partial charge in [0.2, 0.25) is 0 Å². The Kier molecular flexibility index (Phi) is 5.45. The summed E-state index contributed by atoms with van der Waals surface area (Å²) in [5, 5.41) is 3.66. The summed E-state index contributed by atoms with van der Waals surface area (Å²) in [6, 6.07) is 5.72. The topological polar surface area (TPSA) is 24.5 Å². The van der Waals surface area contributed by atoms with E-state index in [1.54, 1.807) is 7.11 Å². The summed E-state index contributed by atoms with van der Waals surface area (Å²) < 4.78 is 18.8. The zero-order chi connectivity index (χ0) is 15.4. The van der Waals surface area contributed by atoms with Crippen LogP contribution in [0, 0.1) is 11.7 Å². The number of anilines is 1. The molecule has 0 saturated carbocycles. The number of piperazine rings is 1. The summed E-state index contributed by atoms with van der Waals surface area (Å²) in [7, 11) is 1.60. The average Bonchev–Trinajstić information content (AvgIpc) is 2.53. The smallest absolute Gasteiger partial charge is 0.145 e. The maximum absolute atomic E-state index is 13.4. The molecule has 1 aromatic rings. The molecule has 2 rings (SSSR count). The van der Waals surface area contributed by atoms with Crippen LogP contribution in [-0.4, -0.2) is 32.3 Å². The molecule has 0 amide bonds. The van der Waals surface area contributed by atoms with Crippen molar-refractivity contribution in [1.82, 2.24) is 5.32 Å². The molecule has 21 heavy (non-hydrogen) atoms. The normalized spacial score (nSPS) is 24.0. The van der Waals surface area contributed by atoms with Crippen molar-refractivity contribution in [2.75, 3.05) is 25.1 Å². The molecule has 1 aromatic carbocycles. The summed E-state index contributed by atoms with van der Waals surface area (Å²) in [4.78, 5) is 2.38. The molecule has 1 fully saturated rings. The van der Waals surface area contributed by atoms with E-state index in [1.807, 2.05) is 6.07 Å². The van der Waals surface area contributed by atoms with E-state index in [0.29, 0.717) is 23.8 Å². The molecule has 0 radical (unpaired) electrons. The average molecular weight is 294 g/mol. The van der Waals surface area contributed by atoms with Gasteiger partial charge in [0.1, 0.15) is 11.6 Å². The lowest BCUT2D eigenvalue weighted by atomic mass is 9.94. The third kappa shape index (κ3) is 3.49. The van der Waals surface area contributed by atoms with Crippen molar-refractivity contribution in [3.05, 3.63) is 24.0 Å². The Balaban J connectivity index is 2.28. The fourth-order valence-electron chi connectivity index (χ4n) is 3.04. The predicted molar refractivity (Wildman–Crippen MR) is 85.6 cm³/mol. The second-order valence-electron chi connectivity index (χ2n) is 5.93. The molecule has 1 saturated heterocycles. The van der Waals surface area contributed by atoms with Crippen LogP contribution in [0.5, 0.6) is 5.75 Å². The molecule has 0 spiro atoms. The van der Waals surface area contributed by atoms with Crippen LogP contribution in [0.3, 0.4) is 0 Å². The Hall–Kier alpha value is -1.29. The molecule has 1 heterocycles. The van der Waals surface area contributed by atoms with Gasteiger partial charge in [0.15, 0.2) is 0 Å². The third-order valence-corrected chi connectivity index (χ3v) is 4.70. The van der Waals surface area contributed by atoms with Gasteiger partial charge in [-0.25, -0.2) is 4.39 Å². The standard InChI is InChI=1S/C17H27FN2O/c1-5-12(3)15-11-20(14(6-2)10-19-15)16-8-7-13(18)9-17(16)21-4/h7-9,12,14-15,19H,5-6,10-11H2,1-4H3. The van der Waals surface area contributed by atoms with Crippen molar-refractivity contribution in [2.24, 2.45) is 5.92 Å². The summed E-state index contributed by atoms with van der Waals surface area (Å²) >= 11 is 0. The minimum Gasteiger partial charge on any atom is -0.494 e. The molecule has 0 aliphatic carbocycles. The van der Waals surface area contributed by atoms with Gasteiger partial charge in [0.25, 0.3) is 0 Å². The maximum atomic E-state index is 13.4. The Bertz CT molecular complexity index is 466. The molecule has 0 aromatic heterocycles. The van der Waals surface area contributed by atoms with E-state index in [0.717, 1.165) is 31.6 Å². The molecule has 1 aliphatic heterocycles. The van der Waals surface area contributed by atoms with E-state index >= 15 is 0 Å². The third-order valence-electron chi connectivity index (χ3n) is 4.70. The molecule has 0 bridgehead atoms. The van der Waals surface area contributed by atoms with Gasteiger partial charge >= 0.3 is 0 Å². The van der Waals surface area contributed by atoms with Crippen LogP contribution < -0.4 is 15.0 Å². The summed E-state index contributed by atoms with van der Waals surface area (Å²) in [6.07, 6.45) is 2.21. The second-order valence-corrected chi connectivity index (χ2v) is 5.93. The molecule has 4 heteroatoms. The van der Waals surface area contributed by atoms with Crippen molar-refractivity contribution in [3.63, 3.8) is 0 Å². The van der Waals surface area contributed by atoms with Crippen molar-refractivity contribution >= 4 is 5.69 Å². The van der Waals surface area contributed by atoms with Gasteiger partial charge in [0, 0.05) is 31.2 Å². The molecular formula is C17H27FN2O. The highest BCUT2D eigenvalue weighted by molar-refractivity contribution is 5.60. The number of rotatable bonds is 5. The quantitative estimate of drug-likeness (QED) is 0.900. The van der Waals surface area contributed by atoms with E-state index in [4.69, 9.17) is 4.74 Å². The number of halogens is 1. The van der Waals surface area contributed by atoms with Crippen molar-refractivity contribution in [2.45, 2.75) is 45.7 Å². The number of nitrogens with zero attached hydrogens (tertiary/aromatic N) is 1. The van der Waals surface area contributed by atoms with Gasteiger partial charge in [-0.15, -0.1) is 0 Å². The highest BCUT2D eigenvalue weighted by Crippen LogP contribution is 2.33. The monoisotopic (exact) mass is 294 g/mol. The number of benzene rings is 1. The van der Waals surface area contributed by atoms with Crippen LogP contribution in [0.15, 0.2) is 18.2 Å². The molecule has 118 valence electrons. The zero-order valence-electron chi connectivity index (χ0n) is 13.5. The van der Waals surface area contributed by atoms with Crippen molar-refractivity contribution in [3.8, 4) is 5.75 Å². The van der Waals surface area contributed by atoms with E-state index in [9.17, 15) is 4.39 Å². The molecule has 1 aliphatic rings. The first-order valence-electron chi connectivity index (χ1n) is 7.94. The minimum atomic E-state index is -0.253. The van der Waals surface area contributed by atoms with E-state index < -0.39 is 0 Å². The number of hydrogen-bond acceptors (Lipinski definition) is 3. The Morgan fingerprint density at radius 3 is 2.81 bits per heavy atom. The van der Waals surface area contributed by atoms with Gasteiger partial charge in [-0.3, -0.25) is 0 Å². The highest BCUT2D eigenvalue weighted by Gasteiger charge is 2.30. The van der Waals surface area contributed by atoms with Crippen LogP contribution in [0.1, 0.15) is 33.6 Å². The summed E-state index contributed by atoms with van der Waals surface area (Å²) in [5.41, 5.74) is 1.00.